The van der Waals surface area contributed by atoms with E-state index < -0.39 is 4.92 Å². The van der Waals surface area contributed by atoms with Crippen LogP contribution in [-0.4, -0.2) is 14.5 Å². The summed E-state index contributed by atoms with van der Waals surface area (Å²) in [7, 11) is 0. The highest BCUT2D eigenvalue weighted by atomic mass is 35.5. The normalized spacial score (nSPS) is 11.0. The quantitative estimate of drug-likeness (QED) is 0.535. The number of nitrogens with zero attached hydrogens (tertiary/aromatic N) is 3. The molecule has 0 amide bonds. The molecule has 3 aromatic rings. The Labute approximate surface area is 125 Å². The van der Waals surface area contributed by atoms with Gasteiger partial charge in [0.15, 0.2) is 0 Å². The number of nitro groups is 1. The molecule has 5 nitrogen and oxygen atoms in total. The van der Waals surface area contributed by atoms with Crippen molar-refractivity contribution < 1.29 is 4.92 Å². The summed E-state index contributed by atoms with van der Waals surface area (Å²) < 4.78 is 2.03. The highest BCUT2D eigenvalue weighted by Gasteiger charge is 2.14. The van der Waals surface area contributed by atoms with Crippen LogP contribution in [0.2, 0.25) is 5.02 Å². The second-order valence-corrected chi connectivity index (χ2v) is 5.05. The highest BCUT2D eigenvalue weighted by molar-refractivity contribution is 6.30. The second-order valence-electron chi connectivity index (χ2n) is 4.62. The molecular formula is C15H12ClN3O2. The first-order valence-electron chi connectivity index (χ1n) is 6.50. The molecule has 0 saturated heterocycles. The molecule has 2 aromatic carbocycles. The topological polar surface area (TPSA) is 61.0 Å². The van der Waals surface area contributed by atoms with Gasteiger partial charge in [0, 0.05) is 29.3 Å². The zero-order valence-electron chi connectivity index (χ0n) is 11.3. The van der Waals surface area contributed by atoms with Crippen molar-refractivity contribution in [3.8, 4) is 11.4 Å². The number of aryl methyl sites for hydroxylation is 1. The van der Waals surface area contributed by atoms with E-state index >= 15 is 0 Å². The molecule has 0 radical (unpaired) electrons. The molecule has 0 unspecified atom stereocenters. The van der Waals surface area contributed by atoms with Crippen LogP contribution in [0.5, 0.6) is 0 Å². The van der Waals surface area contributed by atoms with Crippen molar-refractivity contribution in [3.63, 3.8) is 0 Å². The minimum atomic E-state index is -0.410. The van der Waals surface area contributed by atoms with Crippen molar-refractivity contribution >= 4 is 28.3 Å². The Balaban J connectivity index is 2.22. The van der Waals surface area contributed by atoms with E-state index in [0.29, 0.717) is 10.5 Å². The fourth-order valence-electron chi connectivity index (χ4n) is 2.37. The average molecular weight is 302 g/mol. The first-order valence-corrected chi connectivity index (χ1v) is 6.88. The summed E-state index contributed by atoms with van der Waals surface area (Å²) in [4.78, 5) is 15.0. The maximum atomic E-state index is 10.9. The van der Waals surface area contributed by atoms with Crippen LogP contribution in [-0.2, 0) is 6.54 Å². The average Bonchev–Trinajstić information content (AvgIpc) is 2.85. The Morgan fingerprint density at radius 1 is 1.24 bits per heavy atom. The predicted molar refractivity (Wildman–Crippen MR) is 82.5 cm³/mol. The fourth-order valence-corrected chi connectivity index (χ4v) is 2.50. The third kappa shape index (κ3) is 2.36. The molecule has 21 heavy (non-hydrogen) atoms. The van der Waals surface area contributed by atoms with Crippen molar-refractivity contribution in [1.29, 1.82) is 0 Å². The van der Waals surface area contributed by atoms with E-state index in [9.17, 15) is 10.1 Å². The van der Waals surface area contributed by atoms with Gasteiger partial charge >= 0.3 is 0 Å². The minimum absolute atomic E-state index is 0.0471. The van der Waals surface area contributed by atoms with Gasteiger partial charge in [0.2, 0.25) is 0 Å². The Hall–Kier alpha value is -2.40. The molecule has 0 aliphatic carbocycles. The van der Waals surface area contributed by atoms with Gasteiger partial charge in [0.1, 0.15) is 5.82 Å². The molecule has 0 spiro atoms. The van der Waals surface area contributed by atoms with Crippen LogP contribution in [0.1, 0.15) is 6.92 Å². The van der Waals surface area contributed by atoms with Crippen molar-refractivity contribution in [2.45, 2.75) is 13.5 Å². The van der Waals surface area contributed by atoms with Crippen LogP contribution in [0.4, 0.5) is 5.69 Å². The number of hydrogen-bond donors (Lipinski definition) is 0. The third-order valence-corrected chi connectivity index (χ3v) is 3.61. The standard InChI is InChI=1S/C15H12ClN3O2/c1-2-18-14-8-7-12(19(20)21)9-13(14)17-15(18)10-3-5-11(16)6-4-10/h3-9H,2H2,1H3. The van der Waals surface area contributed by atoms with Crippen molar-refractivity contribution in [2.75, 3.05) is 0 Å². The summed E-state index contributed by atoms with van der Waals surface area (Å²) in [6.45, 7) is 2.74. The lowest BCUT2D eigenvalue weighted by atomic mass is 10.2. The minimum Gasteiger partial charge on any atom is -0.324 e. The van der Waals surface area contributed by atoms with Gasteiger partial charge in [-0.25, -0.2) is 4.98 Å². The van der Waals surface area contributed by atoms with E-state index in [1.807, 2.05) is 23.6 Å². The summed E-state index contributed by atoms with van der Waals surface area (Å²) >= 11 is 5.90. The van der Waals surface area contributed by atoms with Gasteiger partial charge in [-0.3, -0.25) is 10.1 Å². The monoisotopic (exact) mass is 301 g/mol. The summed E-state index contributed by atoms with van der Waals surface area (Å²) in [6.07, 6.45) is 0. The molecule has 0 aliphatic heterocycles. The first kappa shape index (κ1) is 13.6. The number of fused-ring (bicyclic) bond motifs is 1. The molecule has 0 aliphatic rings. The first-order chi connectivity index (χ1) is 10.1. The number of non-ortho nitro benzene ring substituents is 1. The fraction of sp³-hybridized carbons (Fsp3) is 0.133. The van der Waals surface area contributed by atoms with Gasteiger partial charge in [0.05, 0.1) is 16.0 Å². The Morgan fingerprint density at radius 3 is 2.57 bits per heavy atom. The van der Waals surface area contributed by atoms with E-state index in [-0.39, 0.29) is 5.69 Å². The number of halogens is 1. The maximum Gasteiger partial charge on any atom is 0.271 e. The van der Waals surface area contributed by atoms with Crippen LogP contribution in [0, 0.1) is 10.1 Å². The molecule has 0 saturated carbocycles. The van der Waals surface area contributed by atoms with Crippen molar-refractivity contribution in [2.24, 2.45) is 0 Å². The van der Waals surface area contributed by atoms with Gasteiger partial charge < -0.3 is 4.57 Å². The Morgan fingerprint density at radius 2 is 1.95 bits per heavy atom. The van der Waals surface area contributed by atoms with E-state index in [4.69, 9.17) is 11.6 Å². The lowest BCUT2D eigenvalue weighted by Crippen LogP contribution is -1.97. The molecule has 0 N–H and O–H groups in total. The van der Waals surface area contributed by atoms with Crippen molar-refractivity contribution in [3.05, 3.63) is 57.6 Å². The second kappa shape index (κ2) is 5.18. The molecular weight excluding hydrogens is 290 g/mol. The predicted octanol–water partition coefficient (Wildman–Crippen LogP) is 4.28. The molecule has 106 valence electrons. The molecule has 1 heterocycles. The molecule has 0 bridgehead atoms. The number of nitro benzene ring substituents is 1. The van der Waals surface area contributed by atoms with Crippen LogP contribution >= 0.6 is 11.6 Å². The third-order valence-electron chi connectivity index (χ3n) is 3.36. The number of benzene rings is 2. The van der Waals surface area contributed by atoms with E-state index in [1.54, 1.807) is 18.2 Å². The van der Waals surface area contributed by atoms with E-state index in [1.165, 1.54) is 12.1 Å². The molecule has 3 rings (SSSR count). The van der Waals surface area contributed by atoms with E-state index in [2.05, 4.69) is 4.98 Å². The van der Waals surface area contributed by atoms with Crippen LogP contribution in [0.25, 0.3) is 22.4 Å². The lowest BCUT2D eigenvalue weighted by Gasteiger charge is -2.06. The summed E-state index contributed by atoms with van der Waals surface area (Å²) in [6, 6.07) is 12.1. The lowest BCUT2D eigenvalue weighted by molar-refractivity contribution is -0.384. The number of aromatic nitrogens is 2. The van der Waals surface area contributed by atoms with E-state index in [0.717, 1.165) is 23.4 Å². The summed E-state index contributed by atoms with van der Waals surface area (Å²) in [5.41, 5.74) is 2.48. The smallest absolute Gasteiger partial charge is 0.271 e. The van der Waals surface area contributed by atoms with Crippen LogP contribution < -0.4 is 0 Å². The SMILES string of the molecule is CCn1c(-c2ccc(Cl)cc2)nc2cc([N+](=O)[O-])ccc21. The highest BCUT2D eigenvalue weighted by Crippen LogP contribution is 2.28. The zero-order chi connectivity index (χ0) is 15.0. The number of imidazole rings is 1. The van der Waals surface area contributed by atoms with Gasteiger partial charge in [-0.05, 0) is 37.3 Å². The van der Waals surface area contributed by atoms with Gasteiger partial charge in [-0.15, -0.1) is 0 Å². The Bertz CT molecular complexity index is 825. The van der Waals surface area contributed by atoms with Crippen LogP contribution in [0.15, 0.2) is 42.5 Å². The van der Waals surface area contributed by atoms with Gasteiger partial charge in [-0.2, -0.15) is 0 Å². The molecule has 6 heteroatoms. The maximum absolute atomic E-state index is 10.9. The number of hydrogen-bond acceptors (Lipinski definition) is 3. The molecule has 0 atom stereocenters. The van der Waals surface area contributed by atoms with Gasteiger partial charge in [0.25, 0.3) is 5.69 Å². The van der Waals surface area contributed by atoms with Gasteiger partial charge in [-0.1, -0.05) is 11.6 Å². The zero-order valence-corrected chi connectivity index (χ0v) is 12.0. The number of rotatable bonds is 3. The van der Waals surface area contributed by atoms with Crippen LogP contribution in [0.3, 0.4) is 0 Å². The largest absolute Gasteiger partial charge is 0.324 e. The molecule has 1 aromatic heterocycles. The van der Waals surface area contributed by atoms with Crippen molar-refractivity contribution in [1.82, 2.24) is 9.55 Å². The Kier molecular flexibility index (Phi) is 3.35. The summed E-state index contributed by atoms with van der Waals surface area (Å²) in [5.74, 6) is 0.782. The molecule has 0 fully saturated rings. The summed E-state index contributed by atoms with van der Waals surface area (Å²) in [5, 5.41) is 11.5.